The van der Waals surface area contributed by atoms with Crippen molar-refractivity contribution in [1.29, 1.82) is 0 Å². The van der Waals surface area contributed by atoms with Gasteiger partial charge in [-0.15, -0.1) is 0 Å². The summed E-state index contributed by atoms with van der Waals surface area (Å²) in [5.74, 6) is 1.06. The fraction of sp³-hybridized carbons (Fsp3) is 0.556. The second-order valence-corrected chi connectivity index (χ2v) is 6.23. The Morgan fingerprint density at radius 2 is 2.13 bits per heavy atom. The molecule has 0 aromatic heterocycles. The molecule has 1 atom stereocenters. The summed E-state index contributed by atoms with van der Waals surface area (Å²) in [6.45, 7) is 8.03. The van der Waals surface area contributed by atoms with Crippen molar-refractivity contribution in [3.63, 3.8) is 0 Å². The number of nitrogens with zero attached hydrogens (tertiary/aromatic N) is 1. The molecule has 0 radical (unpaired) electrons. The van der Waals surface area contributed by atoms with Crippen molar-refractivity contribution in [2.45, 2.75) is 45.6 Å². The number of hydrogen-bond acceptors (Lipinski definition) is 2. The van der Waals surface area contributed by atoms with Crippen LogP contribution < -0.4 is 16.0 Å². The Labute approximate surface area is 139 Å². The molecule has 1 aromatic carbocycles. The Balaban J connectivity index is 1.83. The van der Waals surface area contributed by atoms with Gasteiger partial charge in [0.25, 0.3) is 0 Å². The zero-order valence-corrected chi connectivity index (χ0v) is 14.4. The number of hydrogen-bond donors (Lipinski definition) is 3. The third-order valence-electron chi connectivity index (χ3n) is 3.85. The molecule has 0 aliphatic heterocycles. The van der Waals surface area contributed by atoms with Crippen LogP contribution in [0.5, 0.6) is 0 Å². The molecule has 1 amide bonds. The predicted octanol–water partition coefficient (Wildman–Crippen LogP) is 1.93. The lowest BCUT2D eigenvalue weighted by Gasteiger charge is -2.16. The Bertz CT molecular complexity index is 552. The van der Waals surface area contributed by atoms with Gasteiger partial charge in [-0.1, -0.05) is 36.8 Å². The molecule has 0 saturated heterocycles. The van der Waals surface area contributed by atoms with Crippen molar-refractivity contribution in [2.24, 2.45) is 4.99 Å². The van der Waals surface area contributed by atoms with Gasteiger partial charge in [0, 0.05) is 19.1 Å². The van der Waals surface area contributed by atoms with Crippen molar-refractivity contribution in [1.82, 2.24) is 16.0 Å². The molecule has 2 rings (SSSR count). The first kappa shape index (κ1) is 17.3. The zero-order chi connectivity index (χ0) is 16.7. The van der Waals surface area contributed by atoms with Gasteiger partial charge in [0.1, 0.15) is 6.54 Å². The summed E-state index contributed by atoms with van der Waals surface area (Å²) in [4.78, 5) is 16.1. The van der Waals surface area contributed by atoms with E-state index >= 15 is 0 Å². The van der Waals surface area contributed by atoms with Gasteiger partial charge in [-0.3, -0.25) is 4.79 Å². The number of guanidine groups is 1. The van der Waals surface area contributed by atoms with E-state index in [1.807, 2.05) is 6.92 Å². The van der Waals surface area contributed by atoms with Crippen molar-refractivity contribution >= 4 is 11.9 Å². The number of nitrogens with one attached hydrogen (secondary N) is 3. The molecule has 1 aromatic rings. The van der Waals surface area contributed by atoms with Crippen LogP contribution in [0.15, 0.2) is 29.3 Å². The van der Waals surface area contributed by atoms with Crippen LogP contribution in [0.25, 0.3) is 0 Å². The average Bonchev–Trinajstić information content (AvgIpc) is 3.33. The summed E-state index contributed by atoms with van der Waals surface area (Å²) in [5, 5.41) is 9.45. The molecular weight excluding hydrogens is 288 g/mol. The fourth-order valence-corrected chi connectivity index (χ4v) is 2.34. The predicted molar refractivity (Wildman–Crippen MR) is 94.7 cm³/mol. The van der Waals surface area contributed by atoms with E-state index in [1.54, 1.807) is 0 Å². The Morgan fingerprint density at radius 3 is 2.78 bits per heavy atom. The van der Waals surface area contributed by atoms with Gasteiger partial charge in [0.2, 0.25) is 5.91 Å². The molecule has 3 N–H and O–H groups in total. The van der Waals surface area contributed by atoms with Gasteiger partial charge < -0.3 is 16.0 Å². The van der Waals surface area contributed by atoms with Crippen LogP contribution >= 0.6 is 0 Å². The third kappa shape index (κ3) is 6.30. The molecule has 1 unspecified atom stereocenters. The molecule has 23 heavy (non-hydrogen) atoms. The van der Waals surface area contributed by atoms with E-state index in [0.717, 1.165) is 25.9 Å². The van der Waals surface area contributed by atoms with Crippen LogP contribution in [0.1, 0.15) is 43.7 Å². The maximum absolute atomic E-state index is 11.7. The van der Waals surface area contributed by atoms with Gasteiger partial charge in [-0.2, -0.15) is 0 Å². The number of rotatable bonds is 7. The summed E-state index contributed by atoms with van der Waals surface area (Å²) in [7, 11) is 0. The summed E-state index contributed by atoms with van der Waals surface area (Å²) >= 11 is 0. The van der Waals surface area contributed by atoms with E-state index in [4.69, 9.17) is 0 Å². The van der Waals surface area contributed by atoms with Crippen molar-refractivity contribution in [3.8, 4) is 0 Å². The maximum Gasteiger partial charge on any atom is 0.242 e. The highest BCUT2D eigenvalue weighted by Crippen LogP contribution is 2.18. The molecule has 0 heterocycles. The molecule has 1 aliphatic rings. The van der Waals surface area contributed by atoms with Gasteiger partial charge in [-0.25, -0.2) is 4.99 Å². The van der Waals surface area contributed by atoms with E-state index in [0.29, 0.717) is 17.9 Å². The molecule has 1 fully saturated rings. The average molecular weight is 316 g/mol. The minimum Gasteiger partial charge on any atom is -0.357 e. The molecule has 0 bridgehead atoms. The fourth-order valence-electron chi connectivity index (χ4n) is 2.34. The lowest BCUT2D eigenvalue weighted by atomic mass is 9.99. The number of carbonyl (C=O) groups is 1. The van der Waals surface area contributed by atoms with Crippen LogP contribution in [-0.2, 0) is 4.79 Å². The molecule has 5 nitrogen and oxygen atoms in total. The molecule has 0 spiro atoms. The Kier molecular flexibility index (Phi) is 6.44. The van der Waals surface area contributed by atoms with Crippen LogP contribution in [-0.4, -0.2) is 37.5 Å². The molecule has 1 saturated carbocycles. The minimum absolute atomic E-state index is 0.00330. The first-order valence-electron chi connectivity index (χ1n) is 8.46. The highest BCUT2D eigenvalue weighted by atomic mass is 16.2. The molecule has 126 valence electrons. The summed E-state index contributed by atoms with van der Waals surface area (Å²) in [6, 6.07) is 8.93. The number of aliphatic imine (C=N–C) groups is 1. The van der Waals surface area contributed by atoms with Crippen molar-refractivity contribution in [2.75, 3.05) is 19.6 Å². The third-order valence-corrected chi connectivity index (χ3v) is 3.85. The highest BCUT2D eigenvalue weighted by Gasteiger charge is 2.22. The first-order valence-corrected chi connectivity index (χ1v) is 8.46. The number of benzene rings is 1. The standard InChI is InChI=1S/C18H28N4O/c1-4-19-18(21-12-17(23)22-16-8-9-16)20-11-14(3)15-7-5-6-13(2)10-15/h5-7,10,14,16H,4,8-9,11-12H2,1-3H3,(H,22,23)(H2,19,20,21). The van der Waals surface area contributed by atoms with E-state index in [-0.39, 0.29) is 12.5 Å². The smallest absolute Gasteiger partial charge is 0.242 e. The number of aryl methyl sites for hydroxylation is 1. The highest BCUT2D eigenvalue weighted by molar-refractivity contribution is 5.85. The second kappa shape index (κ2) is 8.56. The largest absolute Gasteiger partial charge is 0.357 e. The summed E-state index contributed by atoms with van der Waals surface area (Å²) in [5.41, 5.74) is 2.58. The summed E-state index contributed by atoms with van der Waals surface area (Å²) in [6.07, 6.45) is 2.20. The van der Waals surface area contributed by atoms with Crippen LogP contribution in [0.4, 0.5) is 0 Å². The van der Waals surface area contributed by atoms with Crippen molar-refractivity contribution in [3.05, 3.63) is 35.4 Å². The van der Waals surface area contributed by atoms with Gasteiger partial charge >= 0.3 is 0 Å². The van der Waals surface area contributed by atoms with Crippen LogP contribution in [0, 0.1) is 6.92 Å². The minimum atomic E-state index is -0.00330. The molecule has 5 heteroatoms. The monoisotopic (exact) mass is 316 g/mol. The molecule has 1 aliphatic carbocycles. The van der Waals surface area contributed by atoms with Gasteiger partial charge in [0.05, 0.1) is 0 Å². The van der Waals surface area contributed by atoms with E-state index in [9.17, 15) is 4.79 Å². The molecular formula is C18H28N4O. The quantitative estimate of drug-likeness (QED) is 0.532. The second-order valence-electron chi connectivity index (χ2n) is 6.23. The first-order chi connectivity index (χ1) is 11.1. The van der Waals surface area contributed by atoms with Crippen LogP contribution in [0.2, 0.25) is 0 Å². The van der Waals surface area contributed by atoms with Crippen LogP contribution in [0.3, 0.4) is 0 Å². The lowest BCUT2D eigenvalue weighted by molar-refractivity contribution is -0.119. The topological polar surface area (TPSA) is 65.5 Å². The van der Waals surface area contributed by atoms with E-state index in [2.05, 4.69) is 59.1 Å². The lowest BCUT2D eigenvalue weighted by Crippen LogP contribution is -2.40. The van der Waals surface area contributed by atoms with Crippen molar-refractivity contribution < 1.29 is 4.79 Å². The van der Waals surface area contributed by atoms with E-state index in [1.165, 1.54) is 11.1 Å². The van der Waals surface area contributed by atoms with Gasteiger partial charge in [0.15, 0.2) is 5.96 Å². The maximum atomic E-state index is 11.7. The van der Waals surface area contributed by atoms with Gasteiger partial charge in [-0.05, 0) is 38.2 Å². The normalized spacial score (nSPS) is 15.9. The summed E-state index contributed by atoms with van der Waals surface area (Å²) < 4.78 is 0. The van der Waals surface area contributed by atoms with E-state index < -0.39 is 0 Å². The Morgan fingerprint density at radius 1 is 1.35 bits per heavy atom. The number of amides is 1. The Hall–Kier alpha value is -2.04. The SMILES string of the molecule is CCNC(=NCC(=O)NC1CC1)NCC(C)c1cccc(C)c1. The number of carbonyl (C=O) groups excluding carboxylic acids is 1. The zero-order valence-electron chi connectivity index (χ0n) is 14.4.